The first-order chi connectivity index (χ1) is 15.1. The summed E-state index contributed by atoms with van der Waals surface area (Å²) in [6.07, 6.45) is 2.29. The maximum atomic E-state index is 13.1. The Morgan fingerprint density at radius 1 is 1.13 bits per heavy atom. The van der Waals surface area contributed by atoms with Crippen molar-refractivity contribution in [3.63, 3.8) is 0 Å². The number of hydrogen-bond donors (Lipinski definition) is 0. The fourth-order valence-electron chi connectivity index (χ4n) is 3.87. The average Bonchev–Trinajstić information content (AvgIpc) is 3.44. The summed E-state index contributed by atoms with van der Waals surface area (Å²) >= 11 is 7.67. The normalized spacial score (nSPS) is 13.6. The van der Waals surface area contributed by atoms with Gasteiger partial charge in [0.15, 0.2) is 5.16 Å². The molecule has 1 amide bonds. The van der Waals surface area contributed by atoms with E-state index in [1.807, 2.05) is 71.8 Å². The molecule has 0 atom stereocenters. The van der Waals surface area contributed by atoms with E-state index in [1.54, 1.807) is 0 Å². The van der Waals surface area contributed by atoms with Gasteiger partial charge in [-0.2, -0.15) is 0 Å². The van der Waals surface area contributed by atoms with Crippen LogP contribution < -0.4 is 9.80 Å². The Morgan fingerprint density at radius 2 is 1.90 bits per heavy atom. The molecule has 1 aliphatic heterocycles. The average molecular weight is 456 g/mol. The van der Waals surface area contributed by atoms with Gasteiger partial charge in [-0.25, -0.2) is 0 Å². The molecular formula is C23H26ClN5OS. The van der Waals surface area contributed by atoms with E-state index in [0.29, 0.717) is 16.7 Å². The van der Waals surface area contributed by atoms with E-state index in [2.05, 4.69) is 15.1 Å². The van der Waals surface area contributed by atoms with Crippen LogP contribution in [0.2, 0.25) is 5.02 Å². The Hall–Kier alpha value is -2.51. The quantitative estimate of drug-likeness (QED) is 0.470. The third-order valence-corrected chi connectivity index (χ3v) is 6.57. The topological polar surface area (TPSA) is 54.3 Å². The third kappa shape index (κ3) is 4.72. The highest BCUT2D eigenvalue weighted by Crippen LogP contribution is 2.30. The number of para-hydroxylation sites is 1. The summed E-state index contributed by atoms with van der Waals surface area (Å²) in [6, 6.07) is 15.6. The molecule has 0 bridgehead atoms. The summed E-state index contributed by atoms with van der Waals surface area (Å²) in [5.41, 5.74) is 2.94. The fourth-order valence-corrected chi connectivity index (χ4v) is 4.88. The summed E-state index contributed by atoms with van der Waals surface area (Å²) in [7, 11) is 0. The van der Waals surface area contributed by atoms with Gasteiger partial charge in [-0.05, 0) is 56.5 Å². The molecule has 1 aliphatic rings. The number of thioether (sulfide) groups is 1. The number of benzene rings is 2. The van der Waals surface area contributed by atoms with E-state index >= 15 is 0 Å². The van der Waals surface area contributed by atoms with E-state index in [-0.39, 0.29) is 11.7 Å². The number of amides is 1. The van der Waals surface area contributed by atoms with Crippen molar-refractivity contribution in [1.29, 1.82) is 0 Å². The summed E-state index contributed by atoms with van der Waals surface area (Å²) in [6.45, 7) is 6.55. The van der Waals surface area contributed by atoms with Crippen LogP contribution in [0.5, 0.6) is 0 Å². The first kappa shape index (κ1) is 21.7. The second-order valence-electron chi connectivity index (χ2n) is 7.51. The van der Waals surface area contributed by atoms with Crippen LogP contribution in [-0.4, -0.2) is 46.1 Å². The van der Waals surface area contributed by atoms with Crippen molar-refractivity contribution < 1.29 is 4.79 Å². The molecule has 1 saturated heterocycles. The lowest BCUT2D eigenvalue weighted by Crippen LogP contribution is -2.32. The molecule has 1 aromatic heterocycles. The molecule has 0 N–H and O–H groups in total. The number of aryl methyl sites for hydroxylation is 1. The molecule has 4 rings (SSSR count). The zero-order chi connectivity index (χ0) is 21.8. The summed E-state index contributed by atoms with van der Waals surface area (Å²) in [4.78, 5) is 17.1. The smallest absolute Gasteiger partial charge is 0.237 e. The van der Waals surface area contributed by atoms with Gasteiger partial charge in [-0.3, -0.25) is 9.36 Å². The summed E-state index contributed by atoms with van der Waals surface area (Å²) in [5, 5.41) is 10.3. The Labute approximate surface area is 192 Å². The predicted molar refractivity (Wildman–Crippen MR) is 128 cm³/mol. The molecule has 8 heteroatoms. The Morgan fingerprint density at radius 3 is 2.61 bits per heavy atom. The number of halogens is 1. The SMILES string of the molecule is CCN(C(=O)CSc1nnc(N2CCCC2)n1-c1cccc(Cl)c1)c1ccccc1C. The minimum absolute atomic E-state index is 0.0465. The lowest BCUT2D eigenvalue weighted by molar-refractivity contribution is -0.116. The first-order valence-electron chi connectivity index (χ1n) is 10.5. The third-order valence-electron chi connectivity index (χ3n) is 5.42. The second kappa shape index (κ2) is 9.75. The maximum Gasteiger partial charge on any atom is 0.237 e. The van der Waals surface area contributed by atoms with E-state index in [4.69, 9.17) is 11.6 Å². The molecule has 0 saturated carbocycles. The Balaban J connectivity index is 1.59. The van der Waals surface area contributed by atoms with Crippen LogP contribution in [0, 0.1) is 6.92 Å². The molecule has 0 spiro atoms. The van der Waals surface area contributed by atoms with E-state index in [0.717, 1.165) is 48.8 Å². The van der Waals surface area contributed by atoms with Gasteiger partial charge < -0.3 is 9.80 Å². The molecule has 0 radical (unpaired) electrons. The minimum Gasteiger partial charge on any atom is -0.341 e. The highest BCUT2D eigenvalue weighted by molar-refractivity contribution is 7.99. The molecular weight excluding hydrogens is 430 g/mol. The monoisotopic (exact) mass is 455 g/mol. The molecule has 31 heavy (non-hydrogen) atoms. The van der Waals surface area contributed by atoms with Gasteiger partial charge in [0.25, 0.3) is 0 Å². The van der Waals surface area contributed by atoms with Crippen molar-refractivity contribution in [2.45, 2.75) is 31.8 Å². The van der Waals surface area contributed by atoms with Crippen LogP contribution in [0.4, 0.5) is 11.6 Å². The highest BCUT2D eigenvalue weighted by Gasteiger charge is 2.24. The second-order valence-corrected chi connectivity index (χ2v) is 8.88. The standard InChI is InChI=1S/C23H26ClN5OS/c1-3-28(20-12-5-4-9-17(20)2)21(30)16-31-23-26-25-22(27-13-6-7-14-27)29(23)19-11-8-10-18(24)15-19/h4-5,8-12,15H,3,6-7,13-14,16H2,1-2H3. The molecule has 6 nitrogen and oxygen atoms in total. The van der Waals surface area contributed by atoms with Crippen LogP contribution in [0.3, 0.4) is 0 Å². The number of hydrogen-bond acceptors (Lipinski definition) is 5. The number of rotatable bonds is 7. The molecule has 1 fully saturated rings. The van der Waals surface area contributed by atoms with Crippen molar-refractivity contribution in [3.05, 3.63) is 59.1 Å². The Bertz CT molecular complexity index is 1060. The molecule has 2 aromatic carbocycles. The predicted octanol–water partition coefficient (Wildman–Crippen LogP) is 4.97. The highest BCUT2D eigenvalue weighted by atomic mass is 35.5. The van der Waals surface area contributed by atoms with Gasteiger partial charge in [-0.1, -0.05) is 47.6 Å². The lowest BCUT2D eigenvalue weighted by atomic mass is 10.2. The van der Waals surface area contributed by atoms with Gasteiger partial charge in [-0.15, -0.1) is 10.2 Å². The lowest BCUT2D eigenvalue weighted by Gasteiger charge is -2.23. The van der Waals surface area contributed by atoms with Crippen molar-refractivity contribution in [3.8, 4) is 5.69 Å². The fraction of sp³-hybridized carbons (Fsp3) is 0.348. The van der Waals surface area contributed by atoms with Crippen molar-refractivity contribution in [2.24, 2.45) is 0 Å². The van der Waals surface area contributed by atoms with Gasteiger partial charge >= 0.3 is 0 Å². The van der Waals surface area contributed by atoms with E-state index < -0.39 is 0 Å². The van der Waals surface area contributed by atoms with Crippen molar-refractivity contribution >= 4 is 40.9 Å². The molecule has 0 aliphatic carbocycles. The van der Waals surface area contributed by atoms with Crippen LogP contribution >= 0.6 is 23.4 Å². The van der Waals surface area contributed by atoms with E-state index in [9.17, 15) is 4.79 Å². The van der Waals surface area contributed by atoms with Gasteiger partial charge in [0.2, 0.25) is 11.9 Å². The van der Waals surface area contributed by atoms with Gasteiger partial charge in [0.1, 0.15) is 0 Å². The van der Waals surface area contributed by atoms with E-state index in [1.165, 1.54) is 11.8 Å². The minimum atomic E-state index is 0.0465. The van der Waals surface area contributed by atoms with Gasteiger partial charge in [0.05, 0.1) is 11.4 Å². The van der Waals surface area contributed by atoms with Crippen LogP contribution in [-0.2, 0) is 4.79 Å². The number of nitrogens with zero attached hydrogens (tertiary/aromatic N) is 5. The molecule has 0 unspecified atom stereocenters. The molecule has 162 valence electrons. The largest absolute Gasteiger partial charge is 0.341 e. The Kier molecular flexibility index (Phi) is 6.83. The number of carbonyl (C=O) groups excluding carboxylic acids is 1. The zero-order valence-corrected chi connectivity index (χ0v) is 19.4. The molecule has 3 aromatic rings. The van der Waals surface area contributed by atoms with Crippen molar-refractivity contribution in [2.75, 3.05) is 35.2 Å². The van der Waals surface area contributed by atoms with Crippen LogP contribution in [0.1, 0.15) is 25.3 Å². The van der Waals surface area contributed by atoms with Crippen molar-refractivity contribution in [1.82, 2.24) is 14.8 Å². The maximum absolute atomic E-state index is 13.1. The number of carbonyl (C=O) groups is 1. The van der Waals surface area contributed by atoms with Crippen LogP contribution in [0.25, 0.3) is 5.69 Å². The van der Waals surface area contributed by atoms with Gasteiger partial charge in [0, 0.05) is 30.3 Å². The van der Waals surface area contributed by atoms with Crippen LogP contribution in [0.15, 0.2) is 53.7 Å². The number of aromatic nitrogens is 3. The first-order valence-corrected chi connectivity index (χ1v) is 11.9. The zero-order valence-electron chi connectivity index (χ0n) is 17.8. The number of anilines is 2. The summed E-state index contributed by atoms with van der Waals surface area (Å²) < 4.78 is 2.01. The molecule has 2 heterocycles. The summed E-state index contributed by atoms with van der Waals surface area (Å²) in [5.74, 6) is 1.13.